The van der Waals surface area contributed by atoms with Crippen LogP contribution in [0.5, 0.6) is 0 Å². The number of thiophene rings is 1. The van der Waals surface area contributed by atoms with Gasteiger partial charge >= 0.3 is 0 Å². The van der Waals surface area contributed by atoms with E-state index in [0.29, 0.717) is 108 Å². The Bertz CT molecular complexity index is 4420. The minimum absolute atomic E-state index is 0.153. The molecule has 4 N–H and O–H groups in total. The fourth-order valence-electron chi connectivity index (χ4n) is 12.8. The average Bonchev–Trinajstić information content (AvgIpc) is 1.69. The highest BCUT2D eigenvalue weighted by atomic mass is 32.1. The van der Waals surface area contributed by atoms with E-state index >= 15 is 0 Å². The summed E-state index contributed by atoms with van der Waals surface area (Å²) in [5, 5.41) is 29.8. The van der Waals surface area contributed by atoms with Gasteiger partial charge in [0.15, 0.2) is 5.82 Å². The summed E-state index contributed by atoms with van der Waals surface area (Å²) in [5.41, 5.74) is 8.97. The molecular weight excluding hydrogens is 1870 g/mol. The molecular formula is C116H186N24O5S2. The molecule has 18 rings (SSSR count). The molecule has 1 atom stereocenters. The van der Waals surface area contributed by atoms with Gasteiger partial charge in [0.25, 0.3) is 0 Å². The van der Waals surface area contributed by atoms with Crippen molar-refractivity contribution in [1.82, 2.24) is 120 Å². The molecule has 29 nitrogen and oxygen atoms in total. The Balaban J connectivity index is 0.000000528. The third kappa shape index (κ3) is 61.9. The number of benzene rings is 1. The van der Waals surface area contributed by atoms with Gasteiger partial charge in [-0.2, -0.15) is 4.98 Å². The van der Waals surface area contributed by atoms with Crippen LogP contribution >= 0.6 is 22.7 Å². The Morgan fingerprint density at radius 1 is 0.422 bits per heavy atom. The summed E-state index contributed by atoms with van der Waals surface area (Å²) >= 11 is 3.55. The number of thiazole rings is 1. The summed E-state index contributed by atoms with van der Waals surface area (Å²) < 4.78 is 23.8. The molecule has 0 radical (unpaired) electrons. The van der Waals surface area contributed by atoms with Gasteiger partial charge in [-0.15, -0.1) is 38.0 Å². The number of carbonyl (C=O) groups is 1. The van der Waals surface area contributed by atoms with E-state index in [1.807, 2.05) is 149 Å². The predicted octanol–water partition coefficient (Wildman–Crippen LogP) is 27.9. The maximum atomic E-state index is 10.8. The first-order valence-corrected chi connectivity index (χ1v) is 54.4. The highest BCUT2D eigenvalue weighted by molar-refractivity contribution is 7.10. The normalized spacial score (nSPS) is 13.4. The molecule has 0 bridgehead atoms. The Kier molecular flexibility index (Phi) is 70.7. The van der Waals surface area contributed by atoms with Gasteiger partial charge in [-0.25, -0.2) is 19.9 Å². The number of hydrogen-bond donors (Lipinski definition) is 4. The molecule has 1 amide bonds. The summed E-state index contributed by atoms with van der Waals surface area (Å²) in [6.07, 6.45) is 40.2. The third-order valence-electron chi connectivity index (χ3n) is 22.4. The molecule has 4 aliphatic rings. The second-order valence-electron chi connectivity index (χ2n) is 40.5. The van der Waals surface area contributed by atoms with Crippen LogP contribution in [0, 0.1) is 5.92 Å². The zero-order chi connectivity index (χ0) is 109. The maximum Gasteiger partial charge on any atom is 0.234 e. The largest absolute Gasteiger partial charge is 0.469 e. The Hall–Kier alpha value is -11.3. The number of fused-ring (bicyclic) bond motifs is 1. The van der Waals surface area contributed by atoms with Crippen LogP contribution in [0.4, 0.5) is 0 Å². The van der Waals surface area contributed by atoms with Gasteiger partial charge in [0.1, 0.15) is 11.6 Å². The number of H-pyrrole nitrogens is 2. The lowest BCUT2D eigenvalue weighted by Gasteiger charge is -2.30. The van der Waals surface area contributed by atoms with Crippen molar-refractivity contribution in [1.29, 1.82) is 0 Å². The van der Waals surface area contributed by atoms with Crippen molar-refractivity contribution < 1.29 is 22.9 Å². The van der Waals surface area contributed by atoms with Gasteiger partial charge in [0.2, 0.25) is 24.6 Å². The molecule has 1 unspecified atom stereocenters. The smallest absolute Gasteiger partial charge is 0.234 e. The Morgan fingerprint density at radius 3 is 1.40 bits per heavy atom. The first-order valence-electron chi connectivity index (χ1n) is 52.7. The SMILES string of the molecule is CC(C)C1CCCO1.CC(C)N1CCNC(=O)C1.CC(C)N1CCNCC1.CC(C)N1Cc2ccncc2C1.CC(C)c1ccccc1.CC(C)c1ccccn1.CC(C)c1cccnc1.CC(C)c1ccco1.CC(C)c1cccs1.CC(C)c1cnc[nH]1.CC(C)c1cnccn1.CC(C)c1ncc[nH]1.CC(C)c1nccs1.CC(C)c1ncon1.CC(C)c1nnco1.CC(C)n1ccnc1.CC(C)n1ccnn1. The molecule has 812 valence electrons. The molecule has 17 heterocycles. The van der Waals surface area contributed by atoms with Crippen molar-refractivity contribution in [3.63, 3.8) is 0 Å². The second kappa shape index (κ2) is 78.9. The lowest BCUT2D eigenvalue weighted by Crippen LogP contribution is -2.50. The molecule has 4 aliphatic heterocycles. The first-order chi connectivity index (χ1) is 70.0. The number of aromatic nitrogens is 19. The van der Waals surface area contributed by atoms with E-state index < -0.39 is 0 Å². The highest BCUT2D eigenvalue weighted by Crippen LogP contribution is 2.25. The van der Waals surface area contributed by atoms with E-state index in [2.05, 4.69) is 382 Å². The van der Waals surface area contributed by atoms with Crippen LogP contribution in [-0.4, -0.2) is 192 Å². The van der Waals surface area contributed by atoms with Crippen LogP contribution in [0.2, 0.25) is 0 Å². The lowest BCUT2D eigenvalue weighted by atomic mass is 10.0. The lowest BCUT2D eigenvalue weighted by molar-refractivity contribution is -0.124. The number of piperazine rings is 2. The molecule has 0 saturated carbocycles. The van der Waals surface area contributed by atoms with E-state index in [1.165, 1.54) is 76.6 Å². The second-order valence-corrected chi connectivity index (χ2v) is 42.5. The highest BCUT2D eigenvalue weighted by Gasteiger charge is 2.22. The molecule has 1 aromatic carbocycles. The molecule has 13 aromatic heterocycles. The van der Waals surface area contributed by atoms with Gasteiger partial charge < -0.3 is 43.3 Å². The molecule has 0 spiro atoms. The number of ether oxygens (including phenoxy) is 1. The minimum Gasteiger partial charge on any atom is -0.469 e. The molecule has 3 fully saturated rings. The number of aromatic amines is 2. The third-order valence-corrected chi connectivity index (χ3v) is 24.6. The number of amides is 1. The van der Waals surface area contributed by atoms with E-state index in [-0.39, 0.29) is 5.91 Å². The topological polar surface area (TPSA) is 334 Å². The van der Waals surface area contributed by atoms with Gasteiger partial charge in [0, 0.05) is 233 Å². The standard InChI is InChI=1S/C10H14N2.C9H12.2C8H11N.C7H14N2O.C7H16N2.C7H10N2.C7H14O.C7H10O.C7H10S.3C6H10N2.C6H9NS.C5H9N3.2C5H8N2O/c1-8(2)12-6-9-3-4-11-5-10(9)7-12;1-8(2)9-6-4-3-5-7-9;1-7(2)8-4-3-5-9-6-8;1-7(2)8-5-3-4-6-9-8;1-6(2)9-4-3-8-7(10)5-9;1-7(2)9-5-3-8-4-6-9;1-6(2)7-5-8-3-4-9-7;3*1-6(2)7-4-3-5-8-7;1-5(2)6-3-7-4-8-6;1-6(2)8-4-3-7-5-8;2*1-5(2)6-7-3-4-8-6;1-5(2)8-4-3-6-7-8;1-4(2)5-7-6-3-8-5;1-4(2)5-6-3-8-7-5/h3-5,8H,6-7H2,1-2H3;3-8H,1-2H3;2*3-7H,1-2H3;6H,3-5H2,1-2H3,(H,8,10);7-8H,3-6H2,1-2H3;3-6H,1-2H3;6-7H,3-5H2,1-2H3;2*3-6H,1-2H3;3-5H,1-2H3,(H,7,8);3-6H,1-2H3;3-5H,1-2H3,(H,7,8);2*3-5H,1-2H3;2*3-4H,1-2H3. The van der Waals surface area contributed by atoms with Crippen molar-refractivity contribution in [2.75, 3.05) is 52.4 Å². The van der Waals surface area contributed by atoms with Crippen LogP contribution in [0.15, 0.2) is 246 Å². The number of pyridine rings is 3. The van der Waals surface area contributed by atoms with Crippen LogP contribution in [0.1, 0.15) is 398 Å². The van der Waals surface area contributed by atoms with Crippen molar-refractivity contribution >= 4 is 28.6 Å². The van der Waals surface area contributed by atoms with Gasteiger partial charge in [-0.1, -0.05) is 225 Å². The van der Waals surface area contributed by atoms with Crippen LogP contribution in [0.25, 0.3) is 0 Å². The number of nitrogens with zero attached hydrogens (tertiary/aromatic N) is 20. The van der Waals surface area contributed by atoms with Crippen LogP contribution < -0.4 is 10.6 Å². The molecule has 147 heavy (non-hydrogen) atoms. The monoisotopic (exact) mass is 2060 g/mol. The van der Waals surface area contributed by atoms with E-state index in [1.54, 1.807) is 72.0 Å². The van der Waals surface area contributed by atoms with Gasteiger partial charge in [-0.05, 0) is 194 Å². The number of nitrogens with one attached hydrogen (secondary N) is 4. The minimum atomic E-state index is 0.153. The fourth-order valence-corrected chi connectivity index (χ4v) is 14.2. The zero-order valence-corrected chi connectivity index (χ0v) is 97.3. The summed E-state index contributed by atoms with van der Waals surface area (Å²) in [6, 6.07) is 33.7. The molecule has 14 aromatic rings. The average molecular weight is 2060 g/mol. The quantitative estimate of drug-likeness (QED) is 0.0658. The van der Waals surface area contributed by atoms with E-state index in [0.717, 1.165) is 86.6 Å². The fraction of sp³-hybridized carbons (Fsp3) is 0.552. The zero-order valence-electron chi connectivity index (χ0n) is 95.6. The molecule has 0 aliphatic carbocycles. The summed E-state index contributed by atoms with van der Waals surface area (Å²) in [6.45, 7) is 83.0. The van der Waals surface area contributed by atoms with Crippen molar-refractivity contribution in [3.05, 3.63) is 305 Å². The number of rotatable bonds is 17. The molecule has 31 heteroatoms. The summed E-state index contributed by atoms with van der Waals surface area (Å²) in [7, 11) is 0. The number of carbonyl (C=O) groups excluding carboxylic acids is 1. The van der Waals surface area contributed by atoms with Crippen molar-refractivity contribution in [2.45, 2.75) is 363 Å². The molecule has 3 saturated heterocycles. The van der Waals surface area contributed by atoms with E-state index in [4.69, 9.17) is 13.6 Å². The number of hydrogen-bond acceptors (Lipinski definition) is 26. The first kappa shape index (κ1) is 132. The van der Waals surface area contributed by atoms with Gasteiger partial charge in [0.05, 0.1) is 48.5 Å². The Labute approximate surface area is 892 Å². The summed E-state index contributed by atoms with van der Waals surface area (Å²) in [5.74, 6) is 10.4. The number of imidazole rings is 3. The number of furan rings is 1. The van der Waals surface area contributed by atoms with Gasteiger partial charge in [-0.3, -0.25) is 49.1 Å². The maximum absolute atomic E-state index is 10.8. The van der Waals surface area contributed by atoms with Crippen molar-refractivity contribution in [2.24, 2.45) is 5.92 Å². The Morgan fingerprint density at radius 2 is 1.08 bits per heavy atom. The predicted molar refractivity (Wildman–Crippen MR) is 608 cm³/mol. The van der Waals surface area contributed by atoms with Crippen molar-refractivity contribution in [3.8, 4) is 0 Å². The summed E-state index contributed by atoms with van der Waals surface area (Å²) in [4.78, 5) is 65.7. The van der Waals surface area contributed by atoms with Crippen LogP contribution in [0.3, 0.4) is 0 Å². The van der Waals surface area contributed by atoms with E-state index in [9.17, 15) is 4.79 Å². The van der Waals surface area contributed by atoms with Crippen LogP contribution in [-0.2, 0) is 22.6 Å².